The van der Waals surface area contributed by atoms with Crippen molar-refractivity contribution in [1.29, 1.82) is 0 Å². The molecule has 1 heterocycles. The third-order valence-electron chi connectivity index (χ3n) is 4.04. The summed E-state index contributed by atoms with van der Waals surface area (Å²) in [5, 5.41) is 0. The van der Waals surface area contributed by atoms with Gasteiger partial charge in [0.1, 0.15) is 5.75 Å². The smallest absolute Gasteiger partial charge is 0.227 e. The second-order valence-corrected chi connectivity index (χ2v) is 7.72. The average molecular weight is 340 g/mol. The Labute approximate surface area is 137 Å². The maximum absolute atomic E-state index is 12.6. The Balaban J connectivity index is 1.99. The minimum Gasteiger partial charge on any atom is -0.497 e. The summed E-state index contributed by atoms with van der Waals surface area (Å²) in [5.41, 5.74) is 0.927. The highest BCUT2D eigenvalue weighted by atomic mass is 32.2. The zero-order valence-corrected chi connectivity index (χ0v) is 14.4. The Bertz CT molecular complexity index is 628. The predicted octanol–water partition coefficient (Wildman–Crippen LogP) is 1.17. The monoisotopic (exact) mass is 340 g/mol. The molecule has 0 saturated carbocycles. The van der Waals surface area contributed by atoms with Crippen LogP contribution in [0.2, 0.25) is 0 Å². The number of nitrogens with zero attached hydrogens (tertiary/aromatic N) is 1. The Hall–Kier alpha value is -1.60. The first kappa shape index (κ1) is 17.7. The lowest BCUT2D eigenvalue weighted by Gasteiger charge is -2.36. The average Bonchev–Trinajstić information content (AvgIpc) is 2.53. The summed E-state index contributed by atoms with van der Waals surface area (Å²) in [6.07, 6.45) is 4.27. The first-order chi connectivity index (χ1) is 10.9. The van der Waals surface area contributed by atoms with Gasteiger partial charge in [-0.1, -0.05) is 12.1 Å². The molecule has 23 heavy (non-hydrogen) atoms. The number of carbonyl (C=O) groups excluding carboxylic acids is 1. The van der Waals surface area contributed by atoms with Crippen molar-refractivity contribution < 1.29 is 17.9 Å². The van der Waals surface area contributed by atoms with Crippen LogP contribution in [0.5, 0.6) is 5.75 Å². The molecule has 7 heteroatoms. The summed E-state index contributed by atoms with van der Waals surface area (Å²) in [7, 11) is -1.64. The zero-order chi connectivity index (χ0) is 16.9. The number of amides is 1. The van der Waals surface area contributed by atoms with Gasteiger partial charge in [-0.15, -0.1) is 0 Å². The van der Waals surface area contributed by atoms with E-state index in [1.54, 1.807) is 7.11 Å². The van der Waals surface area contributed by atoms with E-state index in [0.717, 1.165) is 36.8 Å². The molecule has 1 saturated heterocycles. The molecule has 1 atom stereocenters. The molecular weight excluding hydrogens is 316 g/mol. The minimum atomic E-state index is -3.24. The Morgan fingerprint density at radius 3 is 2.61 bits per heavy atom. The van der Waals surface area contributed by atoms with Crippen LogP contribution >= 0.6 is 0 Å². The molecule has 0 aromatic heterocycles. The third kappa shape index (κ3) is 5.51. The topological polar surface area (TPSA) is 75.7 Å². The standard InChI is InChI=1S/C16H24N2O4S/c1-22-15-8-6-13(7-9-15)11-16(19)18-10-4-3-5-14(18)12-17-23(2,20)21/h6-9,14,17H,3-5,10-12H2,1-2H3/t14-/m0/s1. The van der Waals surface area contributed by atoms with Gasteiger partial charge in [0, 0.05) is 19.1 Å². The SMILES string of the molecule is COc1ccc(CC(=O)N2CCCC[C@H]2CNS(C)(=O)=O)cc1. The number of carbonyl (C=O) groups is 1. The maximum atomic E-state index is 12.6. The van der Waals surface area contributed by atoms with Crippen molar-refractivity contribution in [3.05, 3.63) is 29.8 Å². The van der Waals surface area contributed by atoms with Crippen LogP contribution in [0.15, 0.2) is 24.3 Å². The fraction of sp³-hybridized carbons (Fsp3) is 0.562. The second kappa shape index (κ2) is 7.79. The van der Waals surface area contributed by atoms with E-state index in [1.807, 2.05) is 29.2 Å². The Morgan fingerprint density at radius 1 is 1.30 bits per heavy atom. The molecule has 6 nitrogen and oxygen atoms in total. The molecule has 1 amide bonds. The van der Waals surface area contributed by atoms with E-state index in [-0.39, 0.29) is 18.5 Å². The first-order valence-electron chi connectivity index (χ1n) is 7.76. The normalized spacial score (nSPS) is 18.7. The molecule has 0 aliphatic carbocycles. The fourth-order valence-corrected chi connectivity index (χ4v) is 3.30. The van der Waals surface area contributed by atoms with Gasteiger partial charge >= 0.3 is 0 Å². The minimum absolute atomic E-state index is 0.0372. The lowest BCUT2D eigenvalue weighted by molar-refractivity contribution is -0.133. The summed E-state index contributed by atoms with van der Waals surface area (Å²) in [5.74, 6) is 0.796. The van der Waals surface area contributed by atoms with Gasteiger partial charge in [-0.25, -0.2) is 13.1 Å². The molecule has 1 aliphatic heterocycles. The molecule has 0 spiro atoms. The van der Waals surface area contributed by atoms with Gasteiger partial charge in [0.25, 0.3) is 0 Å². The molecule has 1 N–H and O–H groups in total. The van der Waals surface area contributed by atoms with Crippen LogP contribution in [0.4, 0.5) is 0 Å². The van der Waals surface area contributed by atoms with Crippen LogP contribution < -0.4 is 9.46 Å². The van der Waals surface area contributed by atoms with Gasteiger partial charge in [-0.05, 0) is 37.0 Å². The van der Waals surface area contributed by atoms with Crippen molar-refractivity contribution in [3.8, 4) is 5.75 Å². The number of ether oxygens (including phenoxy) is 1. The summed E-state index contributed by atoms with van der Waals surface area (Å²) < 4.78 is 30.2. The van der Waals surface area contributed by atoms with Gasteiger partial charge in [-0.2, -0.15) is 0 Å². The number of hydrogen-bond acceptors (Lipinski definition) is 4. The molecule has 1 fully saturated rings. The lowest BCUT2D eigenvalue weighted by atomic mass is 10.0. The number of likely N-dealkylation sites (tertiary alicyclic amines) is 1. The van der Waals surface area contributed by atoms with Gasteiger partial charge in [0.2, 0.25) is 15.9 Å². The molecule has 1 aromatic rings. The summed E-state index contributed by atoms with van der Waals surface area (Å²) >= 11 is 0. The zero-order valence-electron chi connectivity index (χ0n) is 13.6. The predicted molar refractivity (Wildman–Crippen MR) is 88.9 cm³/mol. The molecule has 0 bridgehead atoms. The molecular formula is C16H24N2O4S. The number of rotatable bonds is 6. The van der Waals surface area contributed by atoms with Crippen LogP contribution in [-0.2, 0) is 21.2 Å². The van der Waals surface area contributed by atoms with E-state index < -0.39 is 10.0 Å². The van der Waals surface area contributed by atoms with Crippen LogP contribution in [0.3, 0.4) is 0 Å². The van der Waals surface area contributed by atoms with Gasteiger partial charge < -0.3 is 9.64 Å². The highest BCUT2D eigenvalue weighted by Gasteiger charge is 2.27. The maximum Gasteiger partial charge on any atom is 0.227 e. The Morgan fingerprint density at radius 2 is 2.00 bits per heavy atom. The largest absolute Gasteiger partial charge is 0.497 e. The summed E-state index contributed by atoms with van der Waals surface area (Å²) in [6.45, 7) is 0.971. The second-order valence-electron chi connectivity index (χ2n) is 5.88. The van der Waals surface area contributed by atoms with E-state index >= 15 is 0 Å². The van der Waals surface area contributed by atoms with E-state index in [1.165, 1.54) is 0 Å². The fourth-order valence-electron chi connectivity index (χ4n) is 2.81. The van der Waals surface area contributed by atoms with Crippen LogP contribution in [-0.4, -0.2) is 51.7 Å². The van der Waals surface area contributed by atoms with Crippen molar-refractivity contribution in [2.45, 2.75) is 31.7 Å². The first-order valence-corrected chi connectivity index (χ1v) is 9.65. The molecule has 1 aliphatic rings. The summed E-state index contributed by atoms with van der Waals surface area (Å²) in [4.78, 5) is 14.4. The number of piperidine rings is 1. The highest BCUT2D eigenvalue weighted by Crippen LogP contribution is 2.19. The molecule has 128 valence electrons. The van der Waals surface area contributed by atoms with Crippen molar-refractivity contribution in [1.82, 2.24) is 9.62 Å². The van der Waals surface area contributed by atoms with Gasteiger partial charge in [0.15, 0.2) is 0 Å². The van der Waals surface area contributed by atoms with E-state index in [2.05, 4.69) is 4.72 Å². The van der Waals surface area contributed by atoms with Crippen molar-refractivity contribution in [3.63, 3.8) is 0 Å². The quantitative estimate of drug-likeness (QED) is 0.843. The van der Waals surface area contributed by atoms with Gasteiger partial charge in [0.05, 0.1) is 19.8 Å². The van der Waals surface area contributed by atoms with Gasteiger partial charge in [-0.3, -0.25) is 4.79 Å². The Kier molecular flexibility index (Phi) is 6.01. The van der Waals surface area contributed by atoms with E-state index in [9.17, 15) is 13.2 Å². The van der Waals surface area contributed by atoms with Crippen LogP contribution in [0.1, 0.15) is 24.8 Å². The number of nitrogens with one attached hydrogen (secondary N) is 1. The van der Waals surface area contributed by atoms with Crippen LogP contribution in [0, 0.1) is 0 Å². The lowest BCUT2D eigenvalue weighted by Crippen LogP contribution is -2.49. The molecule has 0 unspecified atom stereocenters. The number of benzene rings is 1. The number of methoxy groups -OCH3 is 1. The molecule has 2 rings (SSSR count). The number of sulfonamides is 1. The van der Waals surface area contributed by atoms with E-state index in [0.29, 0.717) is 13.0 Å². The summed E-state index contributed by atoms with van der Waals surface area (Å²) in [6, 6.07) is 7.36. The van der Waals surface area contributed by atoms with Crippen molar-refractivity contribution in [2.24, 2.45) is 0 Å². The molecule has 1 aromatic carbocycles. The third-order valence-corrected chi connectivity index (χ3v) is 4.73. The van der Waals surface area contributed by atoms with E-state index in [4.69, 9.17) is 4.74 Å². The van der Waals surface area contributed by atoms with Crippen molar-refractivity contribution in [2.75, 3.05) is 26.5 Å². The number of hydrogen-bond donors (Lipinski definition) is 1. The highest BCUT2D eigenvalue weighted by molar-refractivity contribution is 7.88. The van der Waals surface area contributed by atoms with Crippen molar-refractivity contribution >= 4 is 15.9 Å². The van der Waals surface area contributed by atoms with Crippen LogP contribution in [0.25, 0.3) is 0 Å². The molecule has 0 radical (unpaired) electrons.